The van der Waals surface area contributed by atoms with E-state index in [2.05, 4.69) is 5.32 Å². The van der Waals surface area contributed by atoms with Crippen molar-refractivity contribution in [3.8, 4) is 11.5 Å². The molecule has 1 aliphatic heterocycles. The molecule has 0 spiro atoms. The molecule has 1 aliphatic rings. The molecule has 0 fully saturated rings. The number of nitrogens with zero attached hydrogens (tertiary/aromatic N) is 1. The van der Waals surface area contributed by atoms with Crippen molar-refractivity contribution in [3.05, 3.63) is 78.9 Å². The average Bonchev–Trinajstić information content (AvgIpc) is 2.88. The molecule has 0 radical (unpaired) electrons. The predicted molar refractivity (Wildman–Crippen MR) is 133 cm³/mol. The van der Waals surface area contributed by atoms with Crippen LogP contribution in [0.2, 0.25) is 0 Å². The van der Waals surface area contributed by atoms with E-state index in [-0.39, 0.29) is 17.3 Å². The zero-order valence-electron chi connectivity index (χ0n) is 18.6. The van der Waals surface area contributed by atoms with Crippen molar-refractivity contribution in [2.45, 2.75) is 16.2 Å². The number of hydrogen-bond acceptors (Lipinski definition) is 6. The molecular formula is C25H26N2O5S2. The fourth-order valence-corrected chi connectivity index (χ4v) is 5.72. The zero-order valence-corrected chi connectivity index (χ0v) is 20.2. The van der Waals surface area contributed by atoms with Crippen LogP contribution in [-0.4, -0.2) is 46.4 Å². The second kappa shape index (κ2) is 11.3. The van der Waals surface area contributed by atoms with Gasteiger partial charge in [-0.3, -0.25) is 9.10 Å². The number of carbonyl (C=O) groups is 1. The lowest BCUT2D eigenvalue weighted by molar-refractivity contribution is -0.119. The zero-order chi connectivity index (χ0) is 23.8. The Labute approximate surface area is 204 Å². The van der Waals surface area contributed by atoms with Crippen LogP contribution in [0, 0.1) is 0 Å². The molecule has 0 atom stereocenters. The van der Waals surface area contributed by atoms with Gasteiger partial charge < -0.3 is 14.8 Å². The molecule has 1 N–H and O–H groups in total. The number of carbonyl (C=O) groups excluding carboxylic acids is 1. The number of amides is 1. The molecule has 9 heteroatoms. The number of anilines is 1. The highest BCUT2D eigenvalue weighted by Gasteiger charge is 2.28. The summed E-state index contributed by atoms with van der Waals surface area (Å²) in [5, 5.41) is 2.84. The summed E-state index contributed by atoms with van der Waals surface area (Å²) < 4.78 is 39.1. The van der Waals surface area contributed by atoms with Crippen LogP contribution < -0.4 is 19.1 Å². The fraction of sp³-hybridized carbons (Fsp3) is 0.240. The molecule has 0 bridgehead atoms. The number of sulfonamides is 1. The van der Waals surface area contributed by atoms with E-state index in [1.165, 1.54) is 17.0 Å². The minimum atomic E-state index is -3.97. The van der Waals surface area contributed by atoms with E-state index in [0.29, 0.717) is 36.9 Å². The summed E-state index contributed by atoms with van der Waals surface area (Å²) >= 11 is 1.71. The Kier molecular flexibility index (Phi) is 7.97. The van der Waals surface area contributed by atoms with E-state index in [1.807, 2.05) is 30.3 Å². The molecule has 0 saturated heterocycles. The summed E-state index contributed by atoms with van der Waals surface area (Å²) in [5.74, 6) is 1.47. The number of nitrogens with one attached hydrogen (secondary N) is 1. The summed E-state index contributed by atoms with van der Waals surface area (Å²) in [6, 6.07) is 23.0. The van der Waals surface area contributed by atoms with Crippen molar-refractivity contribution < 1.29 is 22.7 Å². The normalized spacial score (nSPS) is 12.7. The van der Waals surface area contributed by atoms with Crippen LogP contribution in [0.4, 0.5) is 5.69 Å². The molecule has 0 aliphatic carbocycles. The van der Waals surface area contributed by atoms with Crippen LogP contribution in [-0.2, 0) is 14.8 Å². The molecule has 178 valence electrons. The van der Waals surface area contributed by atoms with Crippen molar-refractivity contribution in [2.75, 3.05) is 36.4 Å². The Hall–Kier alpha value is -3.17. The first-order valence-corrected chi connectivity index (χ1v) is 13.4. The van der Waals surface area contributed by atoms with Crippen LogP contribution in [0.3, 0.4) is 0 Å². The minimum absolute atomic E-state index is 0.108. The average molecular weight is 499 g/mol. The quantitative estimate of drug-likeness (QED) is 0.337. The summed E-state index contributed by atoms with van der Waals surface area (Å²) in [4.78, 5) is 14.0. The van der Waals surface area contributed by atoms with E-state index in [4.69, 9.17) is 9.47 Å². The minimum Gasteiger partial charge on any atom is -0.486 e. The van der Waals surface area contributed by atoms with Gasteiger partial charge in [-0.25, -0.2) is 8.42 Å². The van der Waals surface area contributed by atoms with Gasteiger partial charge in [0.15, 0.2) is 11.5 Å². The molecule has 0 aromatic heterocycles. The second-order valence-electron chi connectivity index (χ2n) is 7.52. The highest BCUT2D eigenvalue weighted by molar-refractivity contribution is 7.99. The van der Waals surface area contributed by atoms with E-state index < -0.39 is 10.0 Å². The molecule has 0 unspecified atom stereocenters. The lowest BCUT2D eigenvalue weighted by atomic mass is 10.2. The molecule has 3 aromatic carbocycles. The summed E-state index contributed by atoms with van der Waals surface area (Å²) in [6.45, 7) is 0.925. The summed E-state index contributed by atoms with van der Waals surface area (Å²) in [7, 11) is -3.97. The van der Waals surface area contributed by atoms with Crippen LogP contribution >= 0.6 is 11.8 Å². The van der Waals surface area contributed by atoms with Crippen LogP contribution in [0.1, 0.15) is 6.42 Å². The van der Waals surface area contributed by atoms with Gasteiger partial charge in [-0.05, 0) is 48.6 Å². The summed E-state index contributed by atoms with van der Waals surface area (Å²) in [5.41, 5.74) is 0.336. The van der Waals surface area contributed by atoms with Crippen molar-refractivity contribution in [1.29, 1.82) is 0 Å². The second-order valence-corrected chi connectivity index (χ2v) is 10.5. The largest absolute Gasteiger partial charge is 0.486 e. The highest BCUT2D eigenvalue weighted by Crippen LogP contribution is 2.35. The first-order valence-electron chi connectivity index (χ1n) is 11.0. The standard InChI is InChI=1S/C25H26N2O5S2/c28-25(26-14-7-17-33-21-8-3-1-4-9-21)19-27(34(29,30)22-10-5-2-6-11-22)20-12-13-23-24(18-20)32-16-15-31-23/h1-6,8-13,18H,7,14-17,19H2,(H,26,28). The molecule has 4 rings (SSSR count). The third-order valence-corrected chi connectivity index (χ3v) is 7.97. The van der Waals surface area contributed by atoms with Crippen LogP contribution in [0.15, 0.2) is 88.7 Å². The Morgan fingerprint density at radius 1 is 0.912 bits per heavy atom. The van der Waals surface area contributed by atoms with Gasteiger partial charge in [0, 0.05) is 17.5 Å². The van der Waals surface area contributed by atoms with Gasteiger partial charge in [0.1, 0.15) is 19.8 Å². The van der Waals surface area contributed by atoms with E-state index in [9.17, 15) is 13.2 Å². The number of rotatable bonds is 10. The fourth-order valence-electron chi connectivity index (χ4n) is 3.41. The van der Waals surface area contributed by atoms with Crippen molar-refractivity contribution in [1.82, 2.24) is 5.32 Å². The van der Waals surface area contributed by atoms with Crippen molar-refractivity contribution >= 4 is 33.4 Å². The number of ether oxygens (including phenoxy) is 2. The van der Waals surface area contributed by atoms with Crippen molar-refractivity contribution in [3.63, 3.8) is 0 Å². The molecule has 0 saturated carbocycles. The van der Waals surface area contributed by atoms with Crippen LogP contribution in [0.5, 0.6) is 11.5 Å². The van der Waals surface area contributed by atoms with Crippen LogP contribution in [0.25, 0.3) is 0 Å². The maximum absolute atomic E-state index is 13.4. The first kappa shape index (κ1) is 24.0. The maximum atomic E-state index is 13.4. The predicted octanol–water partition coefficient (Wildman–Crippen LogP) is 3.95. The van der Waals surface area contributed by atoms with Gasteiger partial charge in [0.25, 0.3) is 10.0 Å². The molecule has 3 aromatic rings. The van der Waals surface area contributed by atoms with E-state index >= 15 is 0 Å². The van der Waals surface area contributed by atoms with Gasteiger partial charge in [-0.1, -0.05) is 36.4 Å². The Morgan fingerprint density at radius 2 is 1.59 bits per heavy atom. The van der Waals surface area contributed by atoms with Gasteiger partial charge >= 0.3 is 0 Å². The number of fused-ring (bicyclic) bond motifs is 1. The maximum Gasteiger partial charge on any atom is 0.264 e. The topological polar surface area (TPSA) is 84.9 Å². The lowest BCUT2D eigenvalue weighted by Gasteiger charge is -2.26. The molecule has 1 heterocycles. The van der Waals surface area contributed by atoms with Gasteiger partial charge in [-0.15, -0.1) is 11.8 Å². The molecule has 7 nitrogen and oxygen atoms in total. The van der Waals surface area contributed by atoms with Gasteiger partial charge in [-0.2, -0.15) is 0 Å². The highest BCUT2D eigenvalue weighted by atomic mass is 32.2. The number of hydrogen-bond donors (Lipinski definition) is 1. The van der Waals surface area contributed by atoms with Gasteiger partial charge in [0.05, 0.1) is 10.6 Å². The van der Waals surface area contributed by atoms with E-state index in [0.717, 1.165) is 16.5 Å². The third kappa shape index (κ3) is 6.03. The molecule has 1 amide bonds. The third-order valence-electron chi connectivity index (χ3n) is 5.09. The van der Waals surface area contributed by atoms with Gasteiger partial charge in [0.2, 0.25) is 5.91 Å². The number of benzene rings is 3. The smallest absolute Gasteiger partial charge is 0.264 e. The van der Waals surface area contributed by atoms with Crippen molar-refractivity contribution in [2.24, 2.45) is 0 Å². The summed E-state index contributed by atoms with van der Waals surface area (Å²) in [6.07, 6.45) is 0.765. The molecule has 34 heavy (non-hydrogen) atoms. The van der Waals surface area contributed by atoms with E-state index in [1.54, 1.807) is 48.2 Å². The Morgan fingerprint density at radius 3 is 2.32 bits per heavy atom. The SMILES string of the molecule is O=C(CN(c1ccc2c(c1)OCCO2)S(=O)(=O)c1ccccc1)NCCCSc1ccccc1. The Bertz CT molecular complexity index is 1200. The Balaban J connectivity index is 1.44. The first-order chi connectivity index (χ1) is 16.5. The number of thioether (sulfide) groups is 1. The molecular weight excluding hydrogens is 472 g/mol. The monoisotopic (exact) mass is 498 g/mol. The lowest BCUT2D eigenvalue weighted by Crippen LogP contribution is -2.41.